The van der Waals surface area contributed by atoms with E-state index in [1.807, 2.05) is 36.4 Å². The largest absolute Gasteiger partial charge is 0.467 e. The molecule has 0 unspecified atom stereocenters. The van der Waals surface area contributed by atoms with Gasteiger partial charge in [0.05, 0.1) is 18.8 Å². The summed E-state index contributed by atoms with van der Waals surface area (Å²) >= 11 is 1.46. The third-order valence-electron chi connectivity index (χ3n) is 3.49. The number of fused-ring (bicyclic) bond motifs is 1. The quantitative estimate of drug-likeness (QED) is 0.697. The molecule has 22 heavy (non-hydrogen) atoms. The molecule has 112 valence electrons. The fourth-order valence-corrected chi connectivity index (χ4v) is 3.24. The minimum atomic E-state index is -0.700. The van der Waals surface area contributed by atoms with Crippen molar-refractivity contribution in [3.05, 3.63) is 53.1 Å². The molecule has 0 amide bonds. The number of esters is 1. The monoisotopic (exact) mass is 314 g/mol. The first-order chi connectivity index (χ1) is 10.6. The van der Waals surface area contributed by atoms with Crippen molar-refractivity contribution in [3.8, 4) is 10.4 Å². The molecule has 2 aromatic heterocycles. The highest BCUT2D eigenvalue weighted by Gasteiger charge is 2.19. The Hall–Kier alpha value is -2.47. The molecule has 6 heteroatoms. The SMILES string of the molecule is COC(=O)[C@@H](C)n1cnc2sc(-c3ccccc3)cc2c1=O. The van der Waals surface area contributed by atoms with Crippen molar-refractivity contribution in [1.29, 1.82) is 0 Å². The van der Waals surface area contributed by atoms with Crippen molar-refractivity contribution in [1.82, 2.24) is 9.55 Å². The number of hydrogen-bond acceptors (Lipinski definition) is 5. The van der Waals surface area contributed by atoms with Crippen molar-refractivity contribution < 1.29 is 9.53 Å². The van der Waals surface area contributed by atoms with Gasteiger partial charge >= 0.3 is 5.97 Å². The first-order valence-electron chi connectivity index (χ1n) is 6.75. The standard InChI is InChI=1S/C16H14N2O3S/c1-10(16(20)21-2)18-9-17-14-12(15(18)19)8-13(22-14)11-6-4-3-5-7-11/h3-10H,1-2H3/t10-/m1/s1. The maximum atomic E-state index is 12.6. The van der Waals surface area contributed by atoms with Crippen LogP contribution in [0.25, 0.3) is 20.7 Å². The highest BCUT2D eigenvalue weighted by molar-refractivity contribution is 7.21. The van der Waals surface area contributed by atoms with Crippen LogP contribution in [-0.2, 0) is 9.53 Å². The van der Waals surface area contributed by atoms with Crippen molar-refractivity contribution in [2.75, 3.05) is 7.11 Å². The normalized spacial score (nSPS) is 12.3. The van der Waals surface area contributed by atoms with Gasteiger partial charge in [0, 0.05) is 4.88 Å². The first-order valence-corrected chi connectivity index (χ1v) is 7.57. The van der Waals surface area contributed by atoms with E-state index in [1.54, 1.807) is 6.92 Å². The Morgan fingerprint density at radius 1 is 1.32 bits per heavy atom. The third kappa shape index (κ3) is 2.42. The molecule has 0 aliphatic rings. The zero-order valence-electron chi connectivity index (χ0n) is 12.1. The molecule has 1 atom stereocenters. The number of nitrogens with zero attached hydrogens (tertiary/aromatic N) is 2. The summed E-state index contributed by atoms with van der Waals surface area (Å²) in [5.74, 6) is -0.471. The summed E-state index contributed by atoms with van der Waals surface area (Å²) in [4.78, 5) is 30.1. The Morgan fingerprint density at radius 3 is 2.73 bits per heavy atom. The van der Waals surface area contributed by atoms with Crippen molar-refractivity contribution in [2.45, 2.75) is 13.0 Å². The molecule has 0 saturated heterocycles. The number of aromatic nitrogens is 2. The Balaban J connectivity index is 2.12. The Bertz CT molecular complexity index is 883. The third-order valence-corrected chi connectivity index (χ3v) is 4.59. The summed E-state index contributed by atoms with van der Waals surface area (Å²) < 4.78 is 5.99. The van der Waals surface area contributed by atoms with Crippen LogP contribution in [0.2, 0.25) is 0 Å². The summed E-state index contributed by atoms with van der Waals surface area (Å²) in [7, 11) is 1.30. The van der Waals surface area contributed by atoms with Gasteiger partial charge in [-0.2, -0.15) is 0 Å². The molecule has 1 aromatic carbocycles. The van der Waals surface area contributed by atoms with E-state index in [-0.39, 0.29) is 5.56 Å². The molecule has 0 saturated carbocycles. The molecule has 0 aliphatic heterocycles. The van der Waals surface area contributed by atoms with Gasteiger partial charge in [-0.25, -0.2) is 9.78 Å². The lowest BCUT2D eigenvalue weighted by Gasteiger charge is -2.11. The average molecular weight is 314 g/mol. The predicted octanol–water partition coefficient (Wildman–Crippen LogP) is 2.86. The van der Waals surface area contributed by atoms with Crippen LogP contribution < -0.4 is 5.56 Å². The number of carbonyl (C=O) groups is 1. The summed E-state index contributed by atoms with van der Waals surface area (Å²) in [6, 6.07) is 10.9. The second kappa shape index (κ2) is 5.73. The van der Waals surface area contributed by atoms with Gasteiger partial charge in [0.15, 0.2) is 0 Å². The van der Waals surface area contributed by atoms with Crippen LogP contribution in [0.4, 0.5) is 0 Å². The van der Waals surface area contributed by atoms with Crippen molar-refractivity contribution in [3.63, 3.8) is 0 Å². The molecule has 0 N–H and O–H groups in total. The van der Waals surface area contributed by atoms with Crippen LogP contribution >= 0.6 is 11.3 Å². The number of ether oxygens (including phenoxy) is 1. The van der Waals surface area contributed by atoms with Gasteiger partial charge < -0.3 is 4.74 Å². The van der Waals surface area contributed by atoms with E-state index in [2.05, 4.69) is 9.72 Å². The van der Waals surface area contributed by atoms with E-state index in [9.17, 15) is 9.59 Å². The minimum absolute atomic E-state index is 0.235. The van der Waals surface area contributed by atoms with Gasteiger partial charge in [-0.1, -0.05) is 30.3 Å². The van der Waals surface area contributed by atoms with E-state index in [4.69, 9.17) is 0 Å². The first kappa shape index (κ1) is 14.5. The molecular weight excluding hydrogens is 300 g/mol. The lowest BCUT2D eigenvalue weighted by Crippen LogP contribution is -2.28. The Labute approximate surface area is 130 Å². The van der Waals surface area contributed by atoms with E-state index >= 15 is 0 Å². The molecule has 0 fully saturated rings. The predicted molar refractivity (Wildman–Crippen MR) is 86.0 cm³/mol. The maximum absolute atomic E-state index is 12.6. The topological polar surface area (TPSA) is 61.2 Å². The molecule has 3 aromatic rings. The van der Waals surface area contributed by atoms with Gasteiger partial charge in [0.25, 0.3) is 5.56 Å². The second-order valence-corrected chi connectivity index (χ2v) is 5.88. The number of methoxy groups -OCH3 is 1. The van der Waals surface area contributed by atoms with E-state index in [1.165, 1.54) is 29.3 Å². The van der Waals surface area contributed by atoms with Crippen LogP contribution in [-0.4, -0.2) is 22.6 Å². The lowest BCUT2D eigenvalue weighted by atomic mass is 10.2. The summed E-state index contributed by atoms with van der Waals surface area (Å²) in [6.07, 6.45) is 1.40. The molecule has 2 heterocycles. The van der Waals surface area contributed by atoms with Gasteiger partial charge in [-0.15, -0.1) is 11.3 Å². The average Bonchev–Trinajstić information content (AvgIpc) is 3.00. The second-order valence-electron chi connectivity index (χ2n) is 4.85. The van der Waals surface area contributed by atoms with Crippen LogP contribution in [0, 0.1) is 0 Å². The van der Waals surface area contributed by atoms with Gasteiger partial charge in [-0.05, 0) is 18.6 Å². The zero-order chi connectivity index (χ0) is 15.7. The number of thiophene rings is 1. The fraction of sp³-hybridized carbons (Fsp3) is 0.188. The summed E-state index contributed by atoms with van der Waals surface area (Å²) in [5, 5.41) is 0.516. The summed E-state index contributed by atoms with van der Waals surface area (Å²) in [6.45, 7) is 1.62. The number of carbonyl (C=O) groups excluding carboxylic acids is 1. The molecular formula is C16H14N2O3S. The van der Waals surface area contributed by atoms with Gasteiger partial charge in [0.1, 0.15) is 10.9 Å². The molecule has 0 aliphatic carbocycles. The van der Waals surface area contributed by atoms with E-state index in [0.717, 1.165) is 10.4 Å². The highest BCUT2D eigenvalue weighted by Crippen LogP contribution is 2.30. The van der Waals surface area contributed by atoms with Crippen molar-refractivity contribution >= 4 is 27.5 Å². The van der Waals surface area contributed by atoms with Crippen LogP contribution in [0.1, 0.15) is 13.0 Å². The van der Waals surface area contributed by atoms with E-state index in [0.29, 0.717) is 10.2 Å². The van der Waals surface area contributed by atoms with Gasteiger partial charge in [0.2, 0.25) is 0 Å². The zero-order valence-corrected chi connectivity index (χ0v) is 13.0. The number of rotatable bonds is 3. The Morgan fingerprint density at radius 2 is 2.05 bits per heavy atom. The van der Waals surface area contributed by atoms with Crippen molar-refractivity contribution in [2.24, 2.45) is 0 Å². The van der Waals surface area contributed by atoms with Crippen LogP contribution in [0.15, 0.2) is 47.5 Å². The van der Waals surface area contributed by atoms with Crippen LogP contribution in [0.3, 0.4) is 0 Å². The number of benzene rings is 1. The van der Waals surface area contributed by atoms with Crippen LogP contribution in [0.5, 0.6) is 0 Å². The molecule has 0 spiro atoms. The maximum Gasteiger partial charge on any atom is 0.328 e. The summed E-state index contributed by atoms with van der Waals surface area (Å²) in [5.41, 5.74) is 0.804. The minimum Gasteiger partial charge on any atom is -0.467 e. The molecule has 0 radical (unpaired) electrons. The van der Waals surface area contributed by atoms with E-state index < -0.39 is 12.0 Å². The molecule has 0 bridgehead atoms. The smallest absolute Gasteiger partial charge is 0.328 e. The fourth-order valence-electron chi connectivity index (χ4n) is 2.24. The number of hydrogen-bond donors (Lipinski definition) is 0. The van der Waals surface area contributed by atoms with Gasteiger partial charge in [-0.3, -0.25) is 9.36 Å². The Kier molecular flexibility index (Phi) is 3.77. The molecule has 5 nitrogen and oxygen atoms in total. The lowest BCUT2D eigenvalue weighted by molar-refractivity contribution is -0.144. The molecule has 3 rings (SSSR count). The highest BCUT2D eigenvalue weighted by atomic mass is 32.1.